The number of ketones is 1. The maximum atomic E-state index is 11.4. The van der Waals surface area contributed by atoms with Crippen LogP contribution in [-0.4, -0.2) is 24.0 Å². The van der Waals surface area contributed by atoms with Crippen LogP contribution < -0.4 is 0 Å². The van der Waals surface area contributed by atoms with Gasteiger partial charge in [-0.1, -0.05) is 11.6 Å². The molecule has 1 heterocycles. The third-order valence-corrected chi connectivity index (χ3v) is 1.81. The molecule has 0 atom stereocenters. The Bertz CT molecular complexity index is 301. The molecule has 0 aliphatic carbocycles. The molecular weight excluding hydrogens is 190 g/mol. The van der Waals surface area contributed by atoms with E-state index in [0.717, 1.165) is 0 Å². The highest BCUT2D eigenvalue weighted by molar-refractivity contribution is 6.33. The Morgan fingerprint density at radius 3 is 3.08 bits per heavy atom. The number of nitrogens with zero attached hydrogens (tertiary/aromatic N) is 1. The van der Waals surface area contributed by atoms with Crippen molar-refractivity contribution in [3.63, 3.8) is 0 Å². The lowest BCUT2D eigenvalue weighted by Gasteiger charge is -2.01. The SMILES string of the molecule is CCOCC(=O)c1ccncc1Cl. The van der Waals surface area contributed by atoms with Gasteiger partial charge < -0.3 is 4.74 Å². The van der Waals surface area contributed by atoms with E-state index >= 15 is 0 Å². The van der Waals surface area contributed by atoms with Crippen molar-refractivity contribution >= 4 is 17.4 Å². The Hall–Kier alpha value is -0.930. The standard InChI is InChI=1S/C9H10ClNO2/c1-2-13-6-9(12)7-3-4-11-5-8(7)10/h3-5H,2,6H2,1H3. The predicted molar refractivity (Wildman–Crippen MR) is 50.1 cm³/mol. The Kier molecular flexibility index (Phi) is 3.86. The summed E-state index contributed by atoms with van der Waals surface area (Å²) >= 11 is 5.76. The van der Waals surface area contributed by atoms with Crippen LogP contribution in [0.4, 0.5) is 0 Å². The molecule has 1 aromatic rings. The first kappa shape index (κ1) is 10.2. The number of carbonyl (C=O) groups is 1. The van der Waals surface area contributed by atoms with E-state index in [1.165, 1.54) is 12.4 Å². The van der Waals surface area contributed by atoms with Gasteiger partial charge in [-0.25, -0.2) is 0 Å². The Morgan fingerprint density at radius 2 is 2.46 bits per heavy atom. The van der Waals surface area contributed by atoms with Crippen LogP contribution in [0.2, 0.25) is 5.02 Å². The average molecular weight is 200 g/mol. The van der Waals surface area contributed by atoms with Crippen molar-refractivity contribution < 1.29 is 9.53 Å². The van der Waals surface area contributed by atoms with E-state index in [2.05, 4.69) is 4.98 Å². The molecule has 0 spiro atoms. The average Bonchev–Trinajstić information content (AvgIpc) is 2.15. The van der Waals surface area contributed by atoms with Crippen molar-refractivity contribution in [1.82, 2.24) is 4.98 Å². The minimum absolute atomic E-state index is 0.0697. The number of Topliss-reactive ketones (excluding diaryl/α,β-unsaturated/α-hetero) is 1. The first-order valence-electron chi connectivity index (χ1n) is 3.96. The van der Waals surface area contributed by atoms with Gasteiger partial charge in [-0.05, 0) is 13.0 Å². The zero-order valence-electron chi connectivity index (χ0n) is 7.29. The fourth-order valence-corrected chi connectivity index (χ4v) is 1.10. The van der Waals surface area contributed by atoms with Crippen LogP contribution in [-0.2, 0) is 4.74 Å². The lowest BCUT2D eigenvalue weighted by molar-refractivity contribution is 0.0783. The van der Waals surface area contributed by atoms with Crippen LogP contribution in [0.15, 0.2) is 18.5 Å². The number of rotatable bonds is 4. The summed E-state index contributed by atoms with van der Waals surface area (Å²) in [6.07, 6.45) is 2.98. The molecule has 0 fully saturated rings. The molecule has 0 radical (unpaired) electrons. The van der Waals surface area contributed by atoms with Gasteiger partial charge in [0, 0.05) is 24.6 Å². The second-order valence-electron chi connectivity index (χ2n) is 2.42. The van der Waals surface area contributed by atoms with Gasteiger partial charge in [0.05, 0.1) is 5.02 Å². The van der Waals surface area contributed by atoms with Gasteiger partial charge in [0.1, 0.15) is 6.61 Å². The molecule has 0 aliphatic heterocycles. The van der Waals surface area contributed by atoms with Crippen molar-refractivity contribution in [1.29, 1.82) is 0 Å². The molecule has 0 saturated carbocycles. The molecule has 13 heavy (non-hydrogen) atoms. The Morgan fingerprint density at radius 1 is 1.69 bits per heavy atom. The van der Waals surface area contributed by atoms with E-state index in [9.17, 15) is 4.79 Å². The Labute approximate surface area is 81.7 Å². The fraction of sp³-hybridized carbons (Fsp3) is 0.333. The minimum atomic E-state index is -0.116. The van der Waals surface area contributed by atoms with E-state index in [0.29, 0.717) is 17.2 Å². The van der Waals surface area contributed by atoms with Crippen molar-refractivity contribution in [2.45, 2.75) is 6.92 Å². The van der Waals surface area contributed by atoms with Crippen LogP contribution in [0, 0.1) is 0 Å². The molecule has 70 valence electrons. The number of ether oxygens (including phenoxy) is 1. The highest BCUT2D eigenvalue weighted by Gasteiger charge is 2.09. The van der Waals surface area contributed by atoms with Crippen LogP contribution in [0.1, 0.15) is 17.3 Å². The molecule has 0 amide bonds. The summed E-state index contributed by atoms with van der Waals surface area (Å²) in [5.74, 6) is -0.116. The molecule has 1 aromatic heterocycles. The molecule has 3 nitrogen and oxygen atoms in total. The lowest BCUT2D eigenvalue weighted by Crippen LogP contribution is -2.09. The molecule has 0 N–H and O–H groups in total. The summed E-state index contributed by atoms with van der Waals surface area (Å²) < 4.78 is 4.98. The number of pyridine rings is 1. The van der Waals surface area contributed by atoms with Gasteiger partial charge in [-0.3, -0.25) is 9.78 Å². The van der Waals surface area contributed by atoms with Crippen LogP contribution in [0.5, 0.6) is 0 Å². The Balaban J connectivity index is 2.71. The summed E-state index contributed by atoms with van der Waals surface area (Å²) in [4.78, 5) is 15.2. The largest absolute Gasteiger partial charge is 0.374 e. The first-order chi connectivity index (χ1) is 6.25. The highest BCUT2D eigenvalue weighted by atomic mass is 35.5. The number of hydrogen-bond donors (Lipinski definition) is 0. The van der Waals surface area contributed by atoms with Crippen molar-refractivity contribution in [3.8, 4) is 0 Å². The highest BCUT2D eigenvalue weighted by Crippen LogP contribution is 2.13. The second kappa shape index (κ2) is 4.94. The van der Waals surface area contributed by atoms with Gasteiger partial charge in [-0.15, -0.1) is 0 Å². The second-order valence-corrected chi connectivity index (χ2v) is 2.82. The van der Waals surface area contributed by atoms with Gasteiger partial charge >= 0.3 is 0 Å². The summed E-state index contributed by atoms with van der Waals surface area (Å²) in [7, 11) is 0. The van der Waals surface area contributed by atoms with Gasteiger partial charge in [0.2, 0.25) is 0 Å². The lowest BCUT2D eigenvalue weighted by atomic mass is 10.2. The third-order valence-electron chi connectivity index (χ3n) is 1.51. The molecule has 4 heteroatoms. The first-order valence-corrected chi connectivity index (χ1v) is 4.34. The molecule has 0 saturated heterocycles. The van der Waals surface area contributed by atoms with E-state index in [1.54, 1.807) is 6.07 Å². The van der Waals surface area contributed by atoms with Crippen molar-refractivity contribution in [2.75, 3.05) is 13.2 Å². The number of aromatic nitrogens is 1. The summed E-state index contributed by atoms with van der Waals surface area (Å²) in [6.45, 7) is 2.43. The molecule has 0 aromatic carbocycles. The van der Waals surface area contributed by atoms with Crippen LogP contribution >= 0.6 is 11.6 Å². The predicted octanol–water partition coefficient (Wildman–Crippen LogP) is 1.95. The summed E-state index contributed by atoms with van der Waals surface area (Å²) in [5.41, 5.74) is 0.463. The van der Waals surface area contributed by atoms with Gasteiger partial charge in [-0.2, -0.15) is 0 Å². The molecule has 0 bridgehead atoms. The minimum Gasteiger partial charge on any atom is -0.374 e. The van der Waals surface area contributed by atoms with Crippen molar-refractivity contribution in [3.05, 3.63) is 29.0 Å². The monoisotopic (exact) mass is 199 g/mol. The number of carbonyl (C=O) groups excluding carboxylic acids is 1. The molecule has 0 unspecified atom stereocenters. The maximum Gasteiger partial charge on any atom is 0.190 e. The zero-order chi connectivity index (χ0) is 9.68. The van der Waals surface area contributed by atoms with Crippen molar-refractivity contribution in [2.24, 2.45) is 0 Å². The molecular formula is C9H10ClNO2. The van der Waals surface area contributed by atoms with Crippen LogP contribution in [0.25, 0.3) is 0 Å². The smallest absolute Gasteiger partial charge is 0.190 e. The topological polar surface area (TPSA) is 39.2 Å². The fourth-order valence-electron chi connectivity index (χ4n) is 0.874. The zero-order valence-corrected chi connectivity index (χ0v) is 8.04. The van der Waals surface area contributed by atoms with E-state index in [-0.39, 0.29) is 12.4 Å². The van der Waals surface area contributed by atoms with Crippen LogP contribution in [0.3, 0.4) is 0 Å². The van der Waals surface area contributed by atoms with Gasteiger partial charge in [0.25, 0.3) is 0 Å². The third kappa shape index (κ3) is 2.79. The maximum absolute atomic E-state index is 11.4. The molecule has 0 aliphatic rings. The van der Waals surface area contributed by atoms with E-state index < -0.39 is 0 Å². The summed E-state index contributed by atoms with van der Waals surface area (Å²) in [5, 5.41) is 0.368. The molecule has 1 rings (SSSR count). The summed E-state index contributed by atoms with van der Waals surface area (Å²) in [6, 6.07) is 1.59. The van der Waals surface area contributed by atoms with E-state index in [1.807, 2.05) is 6.92 Å². The number of halogens is 1. The van der Waals surface area contributed by atoms with E-state index in [4.69, 9.17) is 16.3 Å². The quantitative estimate of drug-likeness (QED) is 0.696. The number of hydrogen-bond acceptors (Lipinski definition) is 3. The normalized spacial score (nSPS) is 10.0. The van der Waals surface area contributed by atoms with Gasteiger partial charge in [0.15, 0.2) is 5.78 Å².